The maximum atomic E-state index is 12.0. The minimum atomic E-state index is -0.881. The molecule has 5 nitrogen and oxygen atoms in total. The summed E-state index contributed by atoms with van der Waals surface area (Å²) in [5, 5.41) is 40.7. The highest BCUT2D eigenvalue weighted by Gasteiger charge is 2.68. The Morgan fingerprint density at radius 3 is 2.54 bits per heavy atom. The lowest BCUT2D eigenvalue weighted by atomic mass is 9.40. The maximum Gasteiger partial charge on any atom is 0.335 e. The third kappa shape index (κ3) is 4.41. The van der Waals surface area contributed by atoms with Crippen LogP contribution in [0.25, 0.3) is 0 Å². The van der Waals surface area contributed by atoms with Crippen LogP contribution in [-0.2, 0) is 6.42 Å². The molecule has 4 aliphatic rings. The number of aliphatic hydroxyl groups is 2. The fraction of sp³-hybridized carbons (Fsp3) is 0.765. The Morgan fingerprint density at radius 2 is 1.85 bits per heavy atom. The molecule has 4 N–H and O–H groups in total. The number of rotatable bonds is 8. The molecule has 5 heteroatoms. The lowest BCUT2D eigenvalue weighted by Gasteiger charge is -2.65. The second-order valence-electron chi connectivity index (χ2n) is 14.4. The largest absolute Gasteiger partial charge is 0.478 e. The first-order valence-corrected chi connectivity index (χ1v) is 15.7. The molecule has 1 aromatic carbocycles. The molecule has 4 unspecified atom stereocenters. The SMILES string of the molecule is CC[C@H]1[C@@H](O)C2C3CCC(C=N)([C@H](C)CCCc4cccc(C(=O)O)c4)[C@@]3(C)CCC2[C@@]2(C)CC[C@@H](O)C[C@@H]12. The molecule has 5 rings (SSSR count). The number of benzene rings is 1. The monoisotopic (exact) mass is 537 g/mol. The summed E-state index contributed by atoms with van der Waals surface area (Å²) >= 11 is 0. The first-order valence-electron chi connectivity index (χ1n) is 15.7. The molecule has 1 aromatic rings. The quantitative estimate of drug-likeness (QED) is 0.268. The van der Waals surface area contributed by atoms with Crippen LogP contribution < -0.4 is 0 Å². The van der Waals surface area contributed by atoms with E-state index in [4.69, 9.17) is 5.41 Å². The summed E-state index contributed by atoms with van der Waals surface area (Å²) in [4.78, 5) is 11.4. The molecule has 0 aliphatic heterocycles. The van der Waals surface area contributed by atoms with E-state index >= 15 is 0 Å². The molecule has 216 valence electrons. The van der Waals surface area contributed by atoms with Gasteiger partial charge in [0.15, 0.2) is 0 Å². The van der Waals surface area contributed by atoms with Gasteiger partial charge < -0.3 is 20.7 Å². The minimum Gasteiger partial charge on any atom is -0.478 e. The zero-order valence-corrected chi connectivity index (χ0v) is 24.5. The van der Waals surface area contributed by atoms with Crippen molar-refractivity contribution in [2.45, 2.75) is 111 Å². The van der Waals surface area contributed by atoms with Gasteiger partial charge in [0.25, 0.3) is 0 Å². The Morgan fingerprint density at radius 1 is 1.10 bits per heavy atom. The summed E-state index contributed by atoms with van der Waals surface area (Å²) in [6.45, 7) is 9.50. The Kier molecular flexibility index (Phi) is 7.82. The highest BCUT2D eigenvalue weighted by atomic mass is 16.4. The van der Waals surface area contributed by atoms with Crippen LogP contribution in [0.3, 0.4) is 0 Å². The van der Waals surface area contributed by atoms with Crippen molar-refractivity contribution >= 4 is 12.2 Å². The van der Waals surface area contributed by atoms with Gasteiger partial charge in [-0.05, 0) is 128 Å². The lowest BCUT2D eigenvalue weighted by molar-refractivity contribution is -0.206. The number of hydrogen-bond donors (Lipinski definition) is 4. The topological polar surface area (TPSA) is 102 Å². The van der Waals surface area contributed by atoms with Crippen LogP contribution in [0.4, 0.5) is 0 Å². The summed E-state index contributed by atoms with van der Waals surface area (Å²) < 4.78 is 0. The number of aromatic carboxylic acids is 1. The number of fused-ring (bicyclic) bond motifs is 5. The van der Waals surface area contributed by atoms with Crippen LogP contribution in [0.15, 0.2) is 24.3 Å². The van der Waals surface area contributed by atoms with Gasteiger partial charge in [0.1, 0.15) is 0 Å². The zero-order chi connectivity index (χ0) is 28.2. The van der Waals surface area contributed by atoms with Crippen molar-refractivity contribution in [2.24, 2.45) is 51.8 Å². The number of carboxylic acids is 1. The molecule has 0 aromatic heterocycles. The third-order valence-electron chi connectivity index (χ3n) is 13.1. The molecule has 0 bridgehead atoms. The predicted molar refractivity (Wildman–Crippen MR) is 155 cm³/mol. The van der Waals surface area contributed by atoms with Crippen molar-refractivity contribution < 1.29 is 20.1 Å². The molecule has 11 atom stereocenters. The summed E-state index contributed by atoms with van der Waals surface area (Å²) in [5.41, 5.74) is 1.46. The first kappa shape index (κ1) is 28.8. The van der Waals surface area contributed by atoms with Gasteiger partial charge in [-0.1, -0.05) is 46.2 Å². The maximum absolute atomic E-state index is 12.0. The molecule has 4 saturated carbocycles. The summed E-state index contributed by atoms with van der Waals surface area (Å²) in [5.74, 6) is 1.36. The highest BCUT2D eigenvalue weighted by molar-refractivity contribution is 5.87. The van der Waals surface area contributed by atoms with Gasteiger partial charge >= 0.3 is 5.97 Å². The number of nitrogens with one attached hydrogen (secondary N) is 1. The van der Waals surface area contributed by atoms with Crippen LogP contribution in [0.1, 0.15) is 108 Å². The number of aliphatic hydroxyl groups excluding tert-OH is 2. The Labute approximate surface area is 235 Å². The Balaban J connectivity index is 1.36. The van der Waals surface area contributed by atoms with Crippen molar-refractivity contribution in [1.29, 1.82) is 5.41 Å². The normalized spacial score (nSPS) is 44.1. The molecule has 4 aliphatic carbocycles. The van der Waals surface area contributed by atoms with E-state index in [1.54, 1.807) is 18.3 Å². The molecule has 0 radical (unpaired) electrons. The Hall–Kier alpha value is -1.72. The number of hydrogen-bond acceptors (Lipinski definition) is 4. The van der Waals surface area contributed by atoms with E-state index in [-0.39, 0.29) is 40.3 Å². The van der Waals surface area contributed by atoms with Gasteiger partial charge in [0.05, 0.1) is 17.8 Å². The van der Waals surface area contributed by atoms with E-state index in [0.29, 0.717) is 29.2 Å². The van der Waals surface area contributed by atoms with Gasteiger partial charge in [-0.2, -0.15) is 0 Å². The van der Waals surface area contributed by atoms with Crippen molar-refractivity contribution in [3.8, 4) is 0 Å². The summed E-state index contributed by atoms with van der Waals surface area (Å²) in [6, 6.07) is 7.29. The molecule has 0 amide bonds. The van der Waals surface area contributed by atoms with E-state index < -0.39 is 5.97 Å². The zero-order valence-electron chi connectivity index (χ0n) is 24.5. The molecule has 0 spiro atoms. The second-order valence-corrected chi connectivity index (χ2v) is 14.4. The van der Waals surface area contributed by atoms with Crippen LogP contribution >= 0.6 is 0 Å². The van der Waals surface area contributed by atoms with Gasteiger partial charge in [-0.25, -0.2) is 4.79 Å². The van der Waals surface area contributed by atoms with Crippen LogP contribution in [-0.4, -0.2) is 39.7 Å². The average Bonchev–Trinajstić information content (AvgIpc) is 3.23. The van der Waals surface area contributed by atoms with Crippen molar-refractivity contribution in [1.82, 2.24) is 0 Å². The van der Waals surface area contributed by atoms with Crippen molar-refractivity contribution in [3.63, 3.8) is 0 Å². The third-order valence-corrected chi connectivity index (χ3v) is 13.1. The number of carbonyl (C=O) groups is 1. The molecule has 39 heavy (non-hydrogen) atoms. The smallest absolute Gasteiger partial charge is 0.335 e. The minimum absolute atomic E-state index is 0.00913. The number of aryl methyl sites for hydroxylation is 1. The van der Waals surface area contributed by atoms with E-state index in [2.05, 4.69) is 27.7 Å². The van der Waals surface area contributed by atoms with Gasteiger partial charge in [0, 0.05) is 11.6 Å². The fourth-order valence-electron chi connectivity index (χ4n) is 11.0. The molecular weight excluding hydrogens is 486 g/mol. The molecular formula is C34H51NO4. The van der Waals surface area contributed by atoms with Gasteiger partial charge in [-0.3, -0.25) is 0 Å². The van der Waals surface area contributed by atoms with E-state index in [9.17, 15) is 20.1 Å². The Bertz CT molecular complexity index is 1070. The van der Waals surface area contributed by atoms with Gasteiger partial charge in [-0.15, -0.1) is 0 Å². The summed E-state index contributed by atoms with van der Waals surface area (Å²) in [7, 11) is 0. The fourth-order valence-corrected chi connectivity index (χ4v) is 11.0. The van der Waals surface area contributed by atoms with Gasteiger partial charge in [0.2, 0.25) is 0 Å². The van der Waals surface area contributed by atoms with E-state index in [1.165, 1.54) is 0 Å². The molecule has 0 heterocycles. The van der Waals surface area contributed by atoms with Crippen LogP contribution in [0.2, 0.25) is 0 Å². The average molecular weight is 538 g/mol. The second kappa shape index (κ2) is 10.6. The van der Waals surface area contributed by atoms with Crippen molar-refractivity contribution in [2.75, 3.05) is 0 Å². The van der Waals surface area contributed by atoms with Crippen LogP contribution in [0, 0.1) is 57.2 Å². The molecule has 0 saturated heterocycles. The standard InChI is InChI=1S/C34H51NO4/c1-5-25-28-19-24(36)12-15-32(28,3)26-13-16-33(4)27(29(26)30(25)37)14-17-34(33,20-35)21(2)8-6-9-22-10-7-11-23(18-22)31(38)39/h7,10-11,18,20-21,24-30,35-37H,5-6,8-9,12-17,19H2,1-4H3,(H,38,39)/t21-,24-,25-,26?,27?,28+,29?,30-,32-,33+,34?/m1/s1. The van der Waals surface area contributed by atoms with E-state index in [0.717, 1.165) is 76.2 Å². The highest BCUT2D eigenvalue weighted by Crippen LogP contribution is 2.72. The van der Waals surface area contributed by atoms with E-state index in [1.807, 2.05) is 12.1 Å². The first-order chi connectivity index (χ1) is 18.5. The summed E-state index contributed by atoms with van der Waals surface area (Å²) in [6.07, 6.45) is 12.2. The lowest BCUT2D eigenvalue weighted by Crippen LogP contribution is -2.63. The molecule has 4 fully saturated rings. The number of carboxylic acid groups (broad SMARTS) is 1. The van der Waals surface area contributed by atoms with Crippen LogP contribution in [0.5, 0.6) is 0 Å². The predicted octanol–water partition coefficient (Wildman–Crippen LogP) is 6.99. The van der Waals surface area contributed by atoms with Crippen molar-refractivity contribution in [3.05, 3.63) is 35.4 Å².